The topological polar surface area (TPSA) is 62.7 Å². The fraction of sp³-hybridized carbons (Fsp3) is 0.478. The van der Waals surface area contributed by atoms with Crippen LogP contribution in [0.25, 0.3) is 11.1 Å². The molecule has 4 rings (SSSR count). The lowest BCUT2D eigenvalue weighted by Gasteiger charge is -2.42. The van der Waals surface area contributed by atoms with E-state index in [9.17, 15) is 9.90 Å². The van der Waals surface area contributed by atoms with Gasteiger partial charge in [0, 0.05) is 38.7 Å². The Labute approximate surface area is 166 Å². The minimum Gasteiger partial charge on any atom is -0.391 e. The summed E-state index contributed by atoms with van der Waals surface area (Å²) in [6.45, 7) is 2.43. The molecule has 0 bridgehead atoms. The van der Waals surface area contributed by atoms with Gasteiger partial charge < -0.3 is 14.7 Å². The van der Waals surface area contributed by atoms with Gasteiger partial charge in [0.25, 0.3) is 0 Å². The highest BCUT2D eigenvalue weighted by Crippen LogP contribution is 2.38. The molecule has 1 atom stereocenters. The molecule has 2 aliphatic heterocycles. The Morgan fingerprint density at radius 3 is 2.79 bits per heavy atom. The number of aliphatic hydroxyl groups excluding tert-OH is 1. The van der Waals surface area contributed by atoms with Crippen LogP contribution in [-0.4, -0.2) is 53.3 Å². The number of likely N-dealkylation sites (tertiary alicyclic amines) is 1. The van der Waals surface area contributed by atoms with Gasteiger partial charge in [0.15, 0.2) is 0 Å². The molecule has 5 nitrogen and oxygen atoms in total. The van der Waals surface area contributed by atoms with E-state index >= 15 is 0 Å². The number of pyridine rings is 1. The average Bonchev–Trinajstić information content (AvgIpc) is 2.75. The summed E-state index contributed by atoms with van der Waals surface area (Å²) in [5.74, 6) is 0.182. The molecule has 2 aliphatic rings. The lowest BCUT2D eigenvalue weighted by Crippen LogP contribution is -2.52. The van der Waals surface area contributed by atoms with Crippen LogP contribution in [0.4, 0.5) is 0 Å². The summed E-state index contributed by atoms with van der Waals surface area (Å²) < 4.78 is 5.59. The molecule has 0 spiro atoms. The van der Waals surface area contributed by atoms with Crippen LogP contribution in [-0.2, 0) is 16.0 Å². The molecule has 3 heterocycles. The fourth-order valence-corrected chi connectivity index (χ4v) is 4.49. The smallest absolute Gasteiger partial charge is 0.229 e. The van der Waals surface area contributed by atoms with Crippen molar-refractivity contribution in [3.63, 3.8) is 0 Å². The van der Waals surface area contributed by atoms with E-state index < -0.39 is 11.5 Å². The van der Waals surface area contributed by atoms with Crippen molar-refractivity contribution >= 4 is 5.91 Å². The van der Waals surface area contributed by atoms with Crippen LogP contribution in [0.3, 0.4) is 0 Å². The number of hydrogen-bond donors (Lipinski definition) is 1. The molecule has 148 valence electrons. The lowest BCUT2D eigenvalue weighted by molar-refractivity contribution is -0.151. The van der Waals surface area contributed by atoms with Gasteiger partial charge in [-0.1, -0.05) is 30.3 Å². The Morgan fingerprint density at radius 1 is 1.21 bits per heavy atom. The quantitative estimate of drug-likeness (QED) is 0.885. The Hall–Kier alpha value is -2.24. The number of hydrogen-bond acceptors (Lipinski definition) is 4. The molecule has 0 radical (unpaired) electrons. The summed E-state index contributed by atoms with van der Waals surface area (Å²) in [7, 11) is 0. The second-order valence-corrected chi connectivity index (χ2v) is 8.06. The summed E-state index contributed by atoms with van der Waals surface area (Å²) in [5, 5.41) is 10.0. The number of amides is 1. The van der Waals surface area contributed by atoms with E-state index in [2.05, 4.69) is 35.3 Å². The number of rotatable bonds is 4. The molecule has 1 N–H and O–H groups in total. The molecule has 0 unspecified atom stereocenters. The molecule has 2 fully saturated rings. The van der Waals surface area contributed by atoms with Crippen molar-refractivity contribution in [3.05, 3.63) is 54.4 Å². The Kier molecular flexibility index (Phi) is 5.74. The number of β-amino-alcohol motifs (C(OH)–C–C–N with tert-alkyl or cyclic N) is 1. The van der Waals surface area contributed by atoms with Crippen molar-refractivity contribution in [1.29, 1.82) is 0 Å². The van der Waals surface area contributed by atoms with Gasteiger partial charge in [0.2, 0.25) is 5.91 Å². The average molecular weight is 380 g/mol. The maximum absolute atomic E-state index is 13.5. The van der Waals surface area contributed by atoms with Gasteiger partial charge in [0.1, 0.15) is 0 Å². The highest BCUT2D eigenvalue weighted by molar-refractivity contribution is 5.83. The Bertz CT molecular complexity index is 803. The van der Waals surface area contributed by atoms with Crippen molar-refractivity contribution in [2.75, 3.05) is 26.3 Å². The maximum Gasteiger partial charge on any atom is 0.229 e. The largest absolute Gasteiger partial charge is 0.391 e. The third kappa shape index (κ3) is 4.10. The predicted octanol–water partition coefficient (Wildman–Crippen LogP) is 3.07. The predicted molar refractivity (Wildman–Crippen MR) is 108 cm³/mol. The number of benzene rings is 1. The summed E-state index contributed by atoms with van der Waals surface area (Å²) >= 11 is 0. The highest BCUT2D eigenvalue weighted by atomic mass is 16.5. The van der Waals surface area contributed by atoms with Crippen LogP contribution >= 0.6 is 0 Å². The number of nitrogens with zero attached hydrogens (tertiary/aromatic N) is 2. The van der Waals surface area contributed by atoms with Gasteiger partial charge in [-0.2, -0.15) is 0 Å². The lowest BCUT2D eigenvalue weighted by atomic mass is 9.73. The van der Waals surface area contributed by atoms with Gasteiger partial charge in [0.05, 0.1) is 11.5 Å². The van der Waals surface area contributed by atoms with Gasteiger partial charge >= 0.3 is 0 Å². The highest BCUT2D eigenvalue weighted by Gasteiger charge is 2.43. The van der Waals surface area contributed by atoms with Crippen LogP contribution in [0.2, 0.25) is 0 Å². The van der Waals surface area contributed by atoms with Crippen LogP contribution in [0.15, 0.2) is 48.8 Å². The number of carbonyl (C=O) groups is 1. The van der Waals surface area contributed by atoms with Gasteiger partial charge in [-0.15, -0.1) is 0 Å². The van der Waals surface area contributed by atoms with Crippen LogP contribution in [0.5, 0.6) is 0 Å². The van der Waals surface area contributed by atoms with Gasteiger partial charge in [-0.05, 0) is 54.9 Å². The van der Waals surface area contributed by atoms with E-state index in [1.807, 2.05) is 17.2 Å². The number of aliphatic hydroxyl groups is 1. The van der Waals surface area contributed by atoms with E-state index in [1.165, 1.54) is 0 Å². The molecule has 2 aromatic rings. The fourth-order valence-electron chi connectivity index (χ4n) is 4.49. The first-order valence-corrected chi connectivity index (χ1v) is 10.2. The number of carbonyl (C=O) groups excluding carboxylic acids is 1. The molecule has 1 aromatic carbocycles. The van der Waals surface area contributed by atoms with Crippen molar-refractivity contribution in [1.82, 2.24) is 9.88 Å². The van der Waals surface area contributed by atoms with Crippen molar-refractivity contribution in [2.24, 2.45) is 5.41 Å². The van der Waals surface area contributed by atoms with Crippen LogP contribution in [0, 0.1) is 5.41 Å². The van der Waals surface area contributed by atoms with Crippen LogP contribution < -0.4 is 0 Å². The van der Waals surface area contributed by atoms with E-state index in [0.717, 1.165) is 48.9 Å². The van der Waals surface area contributed by atoms with E-state index in [1.54, 1.807) is 6.20 Å². The number of aromatic nitrogens is 1. The third-order valence-corrected chi connectivity index (χ3v) is 6.05. The molecule has 28 heavy (non-hydrogen) atoms. The van der Waals surface area contributed by atoms with Crippen molar-refractivity contribution in [2.45, 2.75) is 38.2 Å². The van der Waals surface area contributed by atoms with E-state index in [-0.39, 0.29) is 5.91 Å². The molecule has 1 amide bonds. The zero-order valence-electron chi connectivity index (χ0n) is 16.2. The third-order valence-electron chi connectivity index (χ3n) is 6.05. The maximum atomic E-state index is 13.5. The molecule has 0 saturated carbocycles. The SMILES string of the molecule is O=C(N1CCC[C@H](O)C1)C1(Cc2cccc(-c3cccnc3)c2)CCOCC1. The van der Waals surface area contributed by atoms with Gasteiger partial charge in [-0.25, -0.2) is 0 Å². The summed E-state index contributed by atoms with van der Waals surface area (Å²) in [4.78, 5) is 19.6. The molecule has 1 aromatic heterocycles. The Morgan fingerprint density at radius 2 is 2.04 bits per heavy atom. The first kappa shape index (κ1) is 19.1. The molecule has 2 saturated heterocycles. The zero-order valence-corrected chi connectivity index (χ0v) is 16.2. The standard InChI is InChI=1S/C23H28N2O3/c26-21-7-3-11-25(17-21)22(27)23(8-12-28-13-9-23)15-18-4-1-5-19(14-18)20-6-2-10-24-16-20/h1-2,4-6,10,14,16,21,26H,3,7-9,11-13,15,17H2/t21-/m0/s1. The van der Waals surface area contributed by atoms with Crippen molar-refractivity contribution in [3.8, 4) is 11.1 Å². The second kappa shape index (κ2) is 8.41. The van der Waals surface area contributed by atoms with E-state index in [0.29, 0.717) is 26.2 Å². The monoisotopic (exact) mass is 380 g/mol. The first-order valence-electron chi connectivity index (χ1n) is 10.2. The van der Waals surface area contributed by atoms with E-state index in [4.69, 9.17) is 4.74 Å². The van der Waals surface area contributed by atoms with Crippen molar-refractivity contribution < 1.29 is 14.6 Å². The molecular formula is C23H28N2O3. The van der Waals surface area contributed by atoms with Gasteiger partial charge in [-0.3, -0.25) is 9.78 Å². The zero-order chi connectivity index (χ0) is 19.4. The summed E-state index contributed by atoms with van der Waals surface area (Å²) in [6, 6.07) is 12.4. The normalized spacial score (nSPS) is 22.0. The Balaban J connectivity index is 1.59. The summed E-state index contributed by atoms with van der Waals surface area (Å²) in [6.07, 6.45) is 7.06. The summed E-state index contributed by atoms with van der Waals surface area (Å²) in [5.41, 5.74) is 2.92. The number of ether oxygens (including phenoxy) is 1. The number of piperidine rings is 1. The first-order chi connectivity index (χ1) is 13.7. The minimum atomic E-state index is -0.442. The molecule has 5 heteroatoms. The molecular weight excluding hydrogens is 352 g/mol. The van der Waals surface area contributed by atoms with Crippen LogP contribution in [0.1, 0.15) is 31.2 Å². The molecule has 0 aliphatic carbocycles. The minimum absolute atomic E-state index is 0.182. The second-order valence-electron chi connectivity index (χ2n) is 8.06.